The molecule has 0 spiro atoms. The van der Waals surface area contributed by atoms with E-state index in [4.69, 9.17) is 5.84 Å². The van der Waals surface area contributed by atoms with Crippen molar-refractivity contribution in [3.05, 3.63) is 28.3 Å². The Kier molecular flexibility index (Phi) is 6.03. The Morgan fingerprint density at radius 1 is 1.38 bits per heavy atom. The second-order valence-corrected chi connectivity index (χ2v) is 6.34. The summed E-state index contributed by atoms with van der Waals surface area (Å²) in [5, 5.41) is 11.1. The van der Waals surface area contributed by atoms with Crippen molar-refractivity contribution in [3.63, 3.8) is 0 Å². The van der Waals surface area contributed by atoms with Crippen LogP contribution in [0.5, 0.6) is 0 Å². The Hall–Kier alpha value is -1.75. The molecule has 0 fully saturated rings. The third kappa shape index (κ3) is 4.63. The summed E-state index contributed by atoms with van der Waals surface area (Å²) in [6.07, 6.45) is 0.592. The monoisotopic (exact) mass is 317 g/mol. The molecule has 0 radical (unpaired) electrons. The number of nitro benzene ring substituents is 1. The van der Waals surface area contributed by atoms with E-state index in [9.17, 15) is 18.5 Å². The molecule has 1 rings (SSSR count). The Bertz CT molecular complexity index is 603. The van der Waals surface area contributed by atoms with E-state index in [1.165, 1.54) is 18.2 Å². The molecule has 0 atom stereocenters. The normalized spacial score (nSPS) is 11.6. The molecule has 0 saturated heterocycles. The van der Waals surface area contributed by atoms with Gasteiger partial charge in [0.25, 0.3) is 0 Å². The van der Waals surface area contributed by atoms with Crippen molar-refractivity contribution in [1.29, 1.82) is 0 Å². The predicted molar refractivity (Wildman–Crippen MR) is 79.3 cm³/mol. The van der Waals surface area contributed by atoms with Gasteiger partial charge in [0.2, 0.25) is 10.0 Å². The maximum absolute atomic E-state index is 12.2. The standard InChI is InChI=1S/C11H19N5O4S/c1-15(2)8-4-7-13-21(19,20)10-6-3-5-9(14-12)11(10)16(17)18/h3,5-6,13-14H,4,7-8,12H2,1-2H3. The molecule has 0 saturated carbocycles. The summed E-state index contributed by atoms with van der Waals surface area (Å²) >= 11 is 0. The Labute approximate surface area is 123 Å². The van der Waals surface area contributed by atoms with Crippen LogP contribution in [0.4, 0.5) is 11.4 Å². The molecule has 0 heterocycles. The van der Waals surface area contributed by atoms with E-state index in [1.54, 1.807) is 0 Å². The van der Waals surface area contributed by atoms with Crippen LogP contribution < -0.4 is 16.0 Å². The molecule has 0 aliphatic rings. The molecule has 1 aromatic rings. The van der Waals surface area contributed by atoms with Crippen LogP contribution in [-0.2, 0) is 10.0 Å². The Balaban J connectivity index is 3.00. The fourth-order valence-electron chi connectivity index (χ4n) is 1.72. The van der Waals surface area contributed by atoms with Gasteiger partial charge in [-0.15, -0.1) is 0 Å². The predicted octanol–water partition coefficient (Wildman–Crippen LogP) is 0.110. The smallest absolute Gasteiger partial charge is 0.313 e. The summed E-state index contributed by atoms with van der Waals surface area (Å²) < 4.78 is 26.7. The first-order valence-corrected chi connectivity index (χ1v) is 7.66. The second kappa shape index (κ2) is 7.31. The van der Waals surface area contributed by atoms with E-state index in [2.05, 4.69) is 10.1 Å². The SMILES string of the molecule is CN(C)CCCNS(=O)(=O)c1cccc(NN)c1[N+](=O)[O-]. The van der Waals surface area contributed by atoms with Crippen LogP contribution in [0, 0.1) is 10.1 Å². The highest BCUT2D eigenvalue weighted by Gasteiger charge is 2.28. The van der Waals surface area contributed by atoms with Crippen molar-refractivity contribution in [1.82, 2.24) is 9.62 Å². The molecule has 4 N–H and O–H groups in total. The number of hydrogen-bond acceptors (Lipinski definition) is 7. The minimum absolute atomic E-state index is 0.0591. The summed E-state index contributed by atoms with van der Waals surface area (Å²) in [5.74, 6) is 5.18. The second-order valence-electron chi connectivity index (χ2n) is 4.61. The largest absolute Gasteiger partial charge is 0.318 e. The Morgan fingerprint density at radius 3 is 2.57 bits per heavy atom. The van der Waals surface area contributed by atoms with Gasteiger partial charge in [-0.1, -0.05) is 6.07 Å². The van der Waals surface area contributed by atoms with E-state index in [0.717, 1.165) is 0 Å². The topological polar surface area (TPSA) is 131 Å². The maximum atomic E-state index is 12.2. The lowest BCUT2D eigenvalue weighted by Gasteiger charge is -2.11. The van der Waals surface area contributed by atoms with Crippen molar-refractivity contribution in [2.45, 2.75) is 11.3 Å². The number of hydrazine groups is 1. The molecular formula is C11H19N5O4S. The van der Waals surface area contributed by atoms with Gasteiger partial charge in [0.05, 0.1) is 4.92 Å². The zero-order chi connectivity index (χ0) is 16.0. The summed E-state index contributed by atoms with van der Waals surface area (Å²) in [4.78, 5) is 11.8. The first-order chi connectivity index (χ1) is 9.79. The van der Waals surface area contributed by atoms with E-state index in [-0.39, 0.29) is 12.2 Å². The van der Waals surface area contributed by atoms with Crippen molar-refractivity contribution in [3.8, 4) is 0 Å². The quantitative estimate of drug-likeness (QED) is 0.268. The van der Waals surface area contributed by atoms with Crippen LogP contribution in [0.3, 0.4) is 0 Å². The third-order valence-corrected chi connectivity index (χ3v) is 4.19. The van der Waals surface area contributed by atoms with Crippen molar-refractivity contribution < 1.29 is 13.3 Å². The van der Waals surface area contributed by atoms with Crippen LogP contribution in [-0.4, -0.2) is 45.4 Å². The average Bonchev–Trinajstić information content (AvgIpc) is 2.42. The summed E-state index contributed by atoms with van der Waals surface area (Å²) in [6, 6.07) is 3.90. The lowest BCUT2D eigenvalue weighted by atomic mass is 10.3. The van der Waals surface area contributed by atoms with Gasteiger partial charge in [-0.2, -0.15) is 0 Å². The highest BCUT2D eigenvalue weighted by Crippen LogP contribution is 2.31. The summed E-state index contributed by atoms with van der Waals surface area (Å²) in [6.45, 7) is 0.896. The average molecular weight is 317 g/mol. The molecule has 21 heavy (non-hydrogen) atoms. The van der Waals surface area contributed by atoms with Crippen molar-refractivity contribution in [2.24, 2.45) is 5.84 Å². The summed E-state index contributed by atoms with van der Waals surface area (Å²) in [7, 11) is -0.231. The first-order valence-electron chi connectivity index (χ1n) is 6.18. The van der Waals surface area contributed by atoms with Gasteiger partial charge >= 0.3 is 5.69 Å². The van der Waals surface area contributed by atoms with Gasteiger partial charge < -0.3 is 10.3 Å². The zero-order valence-corrected chi connectivity index (χ0v) is 12.7. The number of anilines is 1. The maximum Gasteiger partial charge on any atom is 0.313 e. The number of para-hydroxylation sites is 1. The minimum Gasteiger partial charge on any atom is -0.318 e. The number of nitrogens with two attached hydrogens (primary N) is 1. The van der Waals surface area contributed by atoms with Crippen LogP contribution in [0.1, 0.15) is 6.42 Å². The van der Waals surface area contributed by atoms with Crippen LogP contribution in [0.2, 0.25) is 0 Å². The van der Waals surface area contributed by atoms with Crippen molar-refractivity contribution in [2.75, 3.05) is 32.6 Å². The molecule has 1 aromatic carbocycles. The molecule has 0 unspecified atom stereocenters. The molecule has 10 heteroatoms. The molecular weight excluding hydrogens is 298 g/mol. The molecule has 0 aliphatic heterocycles. The van der Waals surface area contributed by atoms with E-state index in [0.29, 0.717) is 13.0 Å². The highest BCUT2D eigenvalue weighted by atomic mass is 32.2. The van der Waals surface area contributed by atoms with Gasteiger partial charge in [0.15, 0.2) is 4.90 Å². The van der Waals surface area contributed by atoms with E-state index >= 15 is 0 Å². The number of nitrogens with zero attached hydrogens (tertiary/aromatic N) is 2. The van der Waals surface area contributed by atoms with Crippen molar-refractivity contribution >= 4 is 21.4 Å². The number of hydrogen-bond donors (Lipinski definition) is 3. The van der Waals surface area contributed by atoms with Gasteiger partial charge in [-0.25, -0.2) is 13.1 Å². The summed E-state index contributed by atoms with van der Waals surface area (Å²) in [5.41, 5.74) is 1.50. The van der Waals surface area contributed by atoms with E-state index < -0.39 is 25.5 Å². The minimum atomic E-state index is -3.97. The number of benzene rings is 1. The number of nitrogens with one attached hydrogen (secondary N) is 2. The third-order valence-electron chi connectivity index (χ3n) is 2.70. The van der Waals surface area contributed by atoms with E-state index in [1.807, 2.05) is 19.0 Å². The zero-order valence-electron chi connectivity index (χ0n) is 11.9. The molecule has 0 bridgehead atoms. The van der Waals surface area contributed by atoms with Gasteiger partial charge in [0.1, 0.15) is 5.69 Å². The molecule has 0 amide bonds. The Morgan fingerprint density at radius 2 is 2.05 bits per heavy atom. The fraction of sp³-hybridized carbons (Fsp3) is 0.455. The highest BCUT2D eigenvalue weighted by molar-refractivity contribution is 7.89. The van der Waals surface area contributed by atoms with Gasteiger partial charge in [-0.05, 0) is 39.2 Å². The number of nitrogen functional groups attached to an aromatic ring is 1. The number of nitro groups is 1. The van der Waals surface area contributed by atoms with Crippen LogP contribution >= 0.6 is 0 Å². The van der Waals surface area contributed by atoms with Gasteiger partial charge in [0, 0.05) is 6.54 Å². The molecule has 118 valence electrons. The molecule has 9 nitrogen and oxygen atoms in total. The number of sulfonamides is 1. The van der Waals surface area contributed by atoms with Crippen LogP contribution in [0.15, 0.2) is 23.1 Å². The lowest BCUT2D eigenvalue weighted by molar-refractivity contribution is -0.386. The number of rotatable bonds is 8. The molecule has 0 aromatic heterocycles. The lowest BCUT2D eigenvalue weighted by Crippen LogP contribution is -2.28. The molecule has 0 aliphatic carbocycles. The van der Waals surface area contributed by atoms with Gasteiger partial charge in [-0.3, -0.25) is 16.0 Å². The van der Waals surface area contributed by atoms with Crippen LogP contribution in [0.25, 0.3) is 0 Å². The first kappa shape index (κ1) is 17.3. The fourth-order valence-corrected chi connectivity index (χ4v) is 2.99.